The number of hydrogen-bond donors (Lipinski definition) is 1. The number of nitrogens with one attached hydrogen (secondary N) is 1. The molecule has 1 atom stereocenters. The van der Waals surface area contributed by atoms with E-state index in [1.165, 1.54) is 5.56 Å². The predicted molar refractivity (Wildman–Crippen MR) is 79.0 cm³/mol. The molecule has 0 bridgehead atoms. The van der Waals surface area contributed by atoms with E-state index in [1.807, 2.05) is 58.9 Å². The van der Waals surface area contributed by atoms with Crippen LogP contribution in [0.2, 0.25) is 0 Å². The molecule has 0 saturated carbocycles. The fourth-order valence-electron chi connectivity index (χ4n) is 1.59. The van der Waals surface area contributed by atoms with Gasteiger partial charge in [-0.3, -0.25) is 0 Å². The van der Waals surface area contributed by atoms with Crippen molar-refractivity contribution in [1.29, 1.82) is 0 Å². The molecular formula is C16H23NO2. The van der Waals surface area contributed by atoms with E-state index in [0.717, 1.165) is 11.1 Å². The Bertz CT molecular complexity index is 455. The molecule has 19 heavy (non-hydrogen) atoms. The summed E-state index contributed by atoms with van der Waals surface area (Å²) in [6.07, 6.45) is -0.423. The van der Waals surface area contributed by atoms with Gasteiger partial charge in [-0.2, -0.15) is 0 Å². The number of ether oxygens (including phenoxy) is 1. The van der Waals surface area contributed by atoms with Gasteiger partial charge in [-0.1, -0.05) is 36.4 Å². The Morgan fingerprint density at radius 2 is 1.79 bits per heavy atom. The fourth-order valence-corrected chi connectivity index (χ4v) is 1.59. The van der Waals surface area contributed by atoms with Gasteiger partial charge in [0, 0.05) is 0 Å². The molecule has 1 amide bonds. The van der Waals surface area contributed by atoms with Crippen molar-refractivity contribution in [2.24, 2.45) is 0 Å². The quantitative estimate of drug-likeness (QED) is 0.895. The van der Waals surface area contributed by atoms with Gasteiger partial charge in [0.05, 0.1) is 6.04 Å². The van der Waals surface area contributed by atoms with Gasteiger partial charge in [0.15, 0.2) is 0 Å². The maximum Gasteiger partial charge on any atom is 0.408 e. The monoisotopic (exact) mass is 261 g/mol. The summed E-state index contributed by atoms with van der Waals surface area (Å²) >= 11 is 0. The highest BCUT2D eigenvalue weighted by Crippen LogP contribution is 2.17. The topological polar surface area (TPSA) is 38.3 Å². The summed E-state index contributed by atoms with van der Waals surface area (Å²) in [6.45, 7) is 13.5. The minimum atomic E-state index is -0.491. The van der Waals surface area contributed by atoms with Gasteiger partial charge in [0.2, 0.25) is 0 Å². The lowest BCUT2D eigenvalue weighted by Crippen LogP contribution is -2.38. The zero-order valence-electron chi connectivity index (χ0n) is 12.4. The van der Waals surface area contributed by atoms with Crippen LogP contribution in [0.4, 0.5) is 4.79 Å². The Hall–Kier alpha value is -1.77. The van der Waals surface area contributed by atoms with Crippen LogP contribution in [0.1, 0.15) is 38.8 Å². The van der Waals surface area contributed by atoms with E-state index in [1.54, 1.807) is 0 Å². The van der Waals surface area contributed by atoms with Crippen LogP contribution >= 0.6 is 0 Å². The van der Waals surface area contributed by atoms with Crippen LogP contribution in [0.3, 0.4) is 0 Å². The van der Waals surface area contributed by atoms with Crippen LogP contribution < -0.4 is 5.32 Å². The van der Waals surface area contributed by atoms with E-state index in [9.17, 15) is 4.79 Å². The molecule has 0 aliphatic rings. The first kappa shape index (κ1) is 15.3. The third-order valence-corrected chi connectivity index (χ3v) is 2.68. The van der Waals surface area contributed by atoms with Crippen molar-refractivity contribution in [2.45, 2.75) is 46.3 Å². The second kappa shape index (κ2) is 5.91. The molecule has 1 aromatic carbocycles. The van der Waals surface area contributed by atoms with Gasteiger partial charge < -0.3 is 10.1 Å². The van der Waals surface area contributed by atoms with Crippen LogP contribution in [-0.2, 0) is 4.74 Å². The largest absolute Gasteiger partial charge is 0.444 e. The van der Waals surface area contributed by atoms with Gasteiger partial charge in [-0.15, -0.1) is 0 Å². The lowest BCUT2D eigenvalue weighted by molar-refractivity contribution is 0.0519. The number of aryl methyl sites for hydroxylation is 1. The van der Waals surface area contributed by atoms with E-state index >= 15 is 0 Å². The molecule has 0 unspecified atom stereocenters. The maximum absolute atomic E-state index is 11.7. The zero-order chi connectivity index (χ0) is 14.6. The molecule has 3 nitrogen and oxygen atoms in total. The highest BCUT2D eigenvalue weighted by Gasteiger charge is 2.19. The molecule has 0 heterocycles. The molecule has 1 aromatic rings. The molecule has 0 spiro atoms. The Morgan fingerprint density at radius 1 is 1.26 bits per heavy atom. The summed E-state index contributed by atoms with van der Waals surface area (Å²) in [5.74, 6) is 0. The second-order valence-electron chi connectivity index (χ2n) is 5.76. The predicted octanol–water partition coefficient (Wildman–Crippen LogP) is 3.92. The fraction of sp³-hybridized carbons (Fsp3) is 0.438. The molecule has 1 rings (SSSR count). The van der Waals surface area contributed by atoms with Crippen molar-refractivity contribution in [3.05, 3.63) is 42.0 Å². The molecule has 0 saturated heterocycles. The first-order valence-electron chi connectivity index (χ1n) is 6.44. The second-order valence-corrected chi connectivity index (χ2v) is 5.76. The van der Waals surface area contributed by atoms with Gasteiger partial charge >= 0.3 is 6.09 Å². The summed E-state index contributed by atoms with van der Waals surface area (Å²) in [7, 11) is 0. The minimum Gasteiger partial charge on any atom is -0.444 e. The van der Waals surface area contributed by atoms with Crippen molar-refractivity contribution >= 4 is 11.7 Å². The van der Waals surface area contributed by atoms with E-state index in [4.69, 9.17) is 4.74 Å². The molecule has 0 radical (unpaired) electrons. The molecule has 104 valence electrons. The van der Waals surface area contributed by atoms with Gasteiger partial charge in [-0.25, -0.2) is 4.79 Å². The van der Waals surface area contributed by atoms with Gasteiger partial charge in [-0.05, 0) is 45.8 Å². The Kier molecular flexibility index (Phi) is 4.76. The Balaban J connectivity index is 2.63. The summed E-state index contributed by atoms with van der Waals surface area (Å²) < 4.78 is 5.22. The van der Waals surface area contributed by atoms with Crippen LogP contribution in [0.15, 0.2) is 30.8 Å². The minimum absolute atomic E-state index is 0.169. The van der Waals surface area contributed by atoms with Crippen LogP contribution in [-0.4, -0.2) is 17.7 Å². The van der Waals surface area contributed by atoms with Gasteiger partial charge in [0.1, 0.15) is 5.60 Å². The van der Waals surface area contributed by atoms with Crippen molar-refractivity contribution < 1.29 is 9.53 Å². The first-order valence-corrected chi connectivity index (χ1v) is 6.44. The third-order valence-electron chi connectivity index (χ3n) is 2.68. The summed E-state index contributed by atoms with van der Waals surface area (Å²) in [5.41, 5.74) is 2.60. The van der Waals surface area contributed by atoms with Crippen LogP contribution in [0, 0.1) is 6.92 Å². The zero-order valence-corrected chi connectivity index (χ0v) is 12.4. The summed E-state index contributed by atoms with van der Waals surface area (Å²) in [6, 6.07) is 7.90. The Labute approximate surface area is 115 Å². The molecule has 0 fully saturated rings. The number of amides is 1. The van der Waals surface area contributed by atoms with Crippen molar-refractivity contribution in [3.63, 3.8) is 0 Å². The smallest absolute Gasteiger partial charge is 0.408 e. The van der Waals surface area contributed by atoms with Crippen molar-refractivity contribution in [2.75, 3.05) is 0 Å². The lowest BCUT2D eigenvalue weighted by Gasteiger charge is -2.23. The number of alkyl carbamates (subject to hydrolysis) is 1. The molecular weight excluding hydrogens is 238 g/mol. The SMILES string of the molecule is C=C(c1ccc(C)cc1)[C@H](C)NC(=O)OC(C)(C)C. The van der Waals surface area contributed by atoms with E-state index in [2.05, 4.69) is 11.9 Å². The maximum atomic E-state index is 11.7. The molecule has 0 aliphatic heterocycles. The number of carbonyl (C=O) groups excluding carboxylic acids is 1. The normalized spacial score (nSPS) is 12.7. The van der Waals surface area contributed by atoms with Crippen LogP contribution in [0.5, 0.6) is 0 Å². The standard InChI is InChI=1S/C16H23NO2/c1-11-7-9-14(10-8-11)12(2)13(3)17-15(18)19-16(4,5)6/h7-10,13H,2H2,1,3-6H3,(H,17,18)/t13-/m0/s1. The number of carbonyl (C=O) groups is 1. The average Bonchev–Trinajstić information content (AvgIpc) is 2.26. The molecule has 0 aromatic heterocycles. The molecule has 3 heteroatoms. The van der Waals surface area contributed by atoms with E-state index in [-0.39, 0.29) is 6.04 Å². The lowest BCUT2D eigenvalue weighted by atomic mass is 10.0. The summed E-state index contributed by atoms with van der Waals surface area (Å²) in [5, 5.41) is 2.79. The molecule has 0 aliphatic carbocycles. The van der Waals surface area contributed by atoms with Crippen molar-refractivity contribution in [3.8, 4) is 0 Å². The molecule has 1 N–H and O–H groups in total. The van der Waals surface area contributed by atoms with Crippen molar-refractivity contribution in [1.82, 2.24) is 5.32 Å². The first-order chi connectivity index (χ1) is 8.69. The average molecular weight is 261 g/mol. The highest BCUT2D eigenvalue weighted by molar-refractivity contribution is 5.75. The number of rotatable bonds is 3. The summed E-state index contributed by atoms with van der Waals surface area (Å²) in [4.78, 5) is 11.7. The van der Waals surface area contributed by atoms with E-state index < -0.39 is 11.7 Å². The third kappa shape index (κ3) is 5.16. The van der Waals surface area contributed by atoms with E-state index in [0.29, 0.717) is 0 Å². The van der Waals surface area contributed by atoms with Crippen LogP contribution in [0.25, 0.3) is 5.57 Å². The number of hydrogen-bond acceptors (Lipinski definition) is 2. The number of benzene rings is 1. The van der Waals surface area contributed by atoms with Gasteiger partial charge in [0.25, 0.3) is 0 Å². The Morgan fingerprint density at radius 3 is 2.26 bits per heavy atom. The highest BCUT2D eigenvalue weighted by atomic mass is 16.6.